The summed E-state index contributed by atoms with van der Waals surface area (Å²) in [4.78, 5) is 29.7. The molecule has 27 heavy (non-hydrogen) atoms. The van der Waals surface area contributed by atoms with Crippen molar-refractivity contribution in [2.75, 3.05) is 39.3 Å². The second kappa shape index (κ2) is 8.37. The Hall–Kier alpha value is -1.96. The number of aromatic hydroxyl groups is 1. The number of nitrogens with one attached hydrogen (secondary N) is 1. The van der Waals surface area contributed by atoms with Crippen molar-refractivity contribution >= 4 is 35.1 Å². The SMILES string of the molecule is C=CC(=O)N1CC(N2CCN(C(=O)NCc3cc(Cl)c(Cl)cc3O)CC2)C1. The van der Waals surface area contributed by atoms with E-state index in [-0.39, 0.29) is 29.3 Å². The number of likely N-dealkylation sites (tertiary alicyclic amines) is 1. The van der Waals surface area contributed by atoms with Gasteiger partial charge in [-0.05, 0) is 12.1 Å². The average Bonchev–Trinajstić information content (AvgIpc) is 2.62. The molecule has 2 aliphatic heterocycles. The van der Waals surface area contributed by atoms with E-state index in [0.717, 1.165) is 13.1 Å². The van der Waals surface area contributed by atoms with Gasteiger partial charge in [0.25, 0.3) is 0 Å². The van der Waals surface area contributed by atoms with Gasteiger partial charge in [-0.2, -0.15) is 0 Å². The third kappa shape index (κ3) is 4.48. The predicted octanol–water partition coefficient (Wildman–Crippen LogP) is 1.92. The number of rotatable bonds is 4. The van der Waals surface area contributed by atoms with Crippen molar-refractivity contribution in [3.05, 3.63) is 40.4 Å². The quantitative estimate of drug-likeness (QED) is 0.740. The Labute approximate surface area is 168 Å². The molecule has 2 fully saturated rings. The van der Waals surface area contributed by atoms with Gasteiger partial charge in [0.15, 0.2) is 0 Å². The number of piperazine rings is 1. The normalized spacial score (nSPS) is 18.1. The summed E-state index contributed by atoms with van der Waals surface area (Å²) in [6.45, 7) is 7.87. The molecule has 7 nitrogen and oxygen atoms in total. The van der Waals surface area contributed by atoms with E-state index in [0.29, 0.717) is 42.8 Å². The highest BCUT2D eigenvalue weighted by molar-refractivity contribution is 6.42. The molecule has 9 heteroatoms. The van der Waals surface area contributed by atoms with Crippen LogP contribution < -0.4 is 5.32 Å². The van der Waals surface area contributed by atoms with Crippen LogP contribution in [0, 0.1) is 0 Å². The molecule has 0 aliphatic carbocycles. The number of hydrogen-bond acceptors (Lipinski definition) is 4. The summed E-state index contributed by atoms with van der Waals surface area (Å²) in [6.07, 6.45) is 1.34. The standard InChI is InChI=1S/C18H22Cl2N4O3/c1-2-17(26)24-10-13(11-24)22-3-5-23(6-4-22)18(27)21-9-12-7-14(19)15(20)8-16(12)25/h2,7-8,13,25H,1,3-6,9-11H2,(H,21,27). The van der Waals surface area contributed by atoms with Gasteiger partial charge in [-0.1, -0.05) is 29.8 Å². The minimum Gasteiger partial charge on any atom is -0.508 e. The Morgan fingerprint density at radius 1 is 1.15 bits per heavy atom. The lowest BCUT2D eigenvalue weighted by Gasteiger charge is -2.47. The third-order valence-corrected chi connectivity index (χ3v) is 5.74. The van der Waals surface area contributed by atoms with Gasteiger partial charge >= 0.3 is 6.03 Å². The molecule has 3 amide bonds. The highest BCUT2D eigenvalue weighted by Crippen LogP contribution is 2.29. The summed E-state index contributed by atoms with van der Waals surface area (Å²) >= 11 is 11.8. The molecule has 0 unspecified atom stereocenters. The first-order valence-corrected chi connectivity index (χ1v) is 9.49. The first kappa shape index (κ1) is 19.8. The molecule has 1 aromatic carbocycles. The minimum atomic E-state index is -0.183. The van der Waals surface area contributed by atoms with Crippen LogP contribution in [0.3, 0.4) is 0 Å². The fourth-order valence-electron chi connectivity index (χ4n) is 3.29. The van der Waals surface area contributed by atoms with E-state index in [1.54, 1.807) is 15.9 Å². The average molecular weight is 413 g/mol. The monoisotopic (exact) mass is 412 g/mol. The molecule has 2 aliphatic rings. The Balaban J connectivity index is 1.43. The zero-order valence-electron chi connectivity index (χ0n) is 14.8. The second-order valence-electron chi connectivity index (χ2n) is 6.68. The molecular weight excluding hydrogens is 391 g/mol. The first-order valence-electron chi connectivity index (χ1n) is 8.74. The van der Waals surface area contributed by atoms with E-state index in [9.17, 15) is 14.7 Å². The topological polar surface area (TPSA) is 76.1 Å². The summed E-state index contributed by atoms with van der Waals surface area (Å²) in [5, 5.41) is 13.3. The van der Waals surface area contributed by atoms with Crippen molar-refractivity contribution in [1.82, 2.24) is 20.0 Å². The molecule has 2 heterocycles. The fourth-order valence-corrected chi connectivity index (χ4v) is 3.63. The van der Waals surface area contributed by atoms with Crippen LogP contribution in [0.5, 0.6) is 5.75 Å². The number of nitrogens with zero attached hydrogens (tertiary/aromatic N) is 3. The third-order valence-electron chi connectivity index (χ3n) is 5.02. The molecule has 0 atom stereocenters. The molecule has 1 aromatic rings. The van der Waals surface area contributed by atoms with Gasteiger partial charge in [0.05, 0.1) is 10.0 Å². The van der Waals surface area contributed by atoms with E-state index in [4.69, 9.17) is 23.2 Å². The number of urea groups is 1. The smallest absolute Gasteiger partial charge is 0.317 e. The zero-order valence-corrected chi connectivity index (χ0v) is 16.3. The minimum absolute atomic E-state index is 0.00173. The van der Waals surface area contributed by atoms with E-state index < -0.39 is 0 Å². The highest BCUT2D eigenvalue weighted by Gasteiger charge is 2.35. The predicted molar refractivity (Wildman–Crippen MR) is 104 cm³/mol. The van der Waals surface area contributed by atoms with Gasteiger partial charge in [0, 0.05) is 63.5 Å². The molecule has 0 radical (unpaired) electrons. The lowest BCUT2D eigenvalue weighted by Crippen LogP contribution is -2.64. The Morgan fingerprint density at radius 3 is 2.41 bits per heavy atom. The first-order chi connectivity index (χ1) is 12.9. The zero-order chi connectivity index (χ0) is 19.6. The Kier molecular flexibility index (Phi) is 6.14. The van der Waals surface area contributed by atoms with Crippen LogP contribution in [-0.2, 0) is 11.3 Å². The van der Waals surface area contributed by atoms with E-state index in [2.05, 4.69) is 16.8 Å². The Bertz CT molecular complexity index is 744. The number of carbonyl (C=O) groups is 2. The van der Waals surface area contributed by atoms with Crippen LogP contribution in [0.25, 0.3) is 0 Å². The molecule has 0 bridgehead atoms. The van der Waals surface area contributed by atoms with Gasteiger partial charge in [-0.15, -0.1) is 0 Å². The highest BCUT2D eigenvalue weighted by atomic mass is 35.5. The molecular formula is C18H22Cl2N4O3. The van der Waals surface area contributed by atoms with Crippen LogP contribution >= 0.6 is 23.2 Å². The molecule has 0 saturated carbocycles. The second-order valence-corrected chi connectivity index (χ2v) is 7.49. The van der Waals surface area contributed by atoms with Crippen molar-refractivity contribution < 1.29 is 14.7 Å². The molecule has 3 rings (SSSR count). The number of carbonyl (C=O) groups excluding carboxylic acids is 2. The van der Waals surface area contributed by atoms with E-state index in [1.165, 1.54) is 12.1 Å². The fraction of sp³-hybridized carbons (Fsp3) is 0.444. The van der Waals surface area contributed by atoms with Gasteiger partial charge in [-0.3, -0.25) is 9.69 Å². The van der Waals surface area contributed by atoms with Crippen molar-refractivity contribution in [3.8, 4) is 5.75 Å². The van der Waals surface area contributed by atoms with Crippen LogP contribution in [0.15, 0.2) is 24.8 Å². The maximum Gasteiger partial charge on any atom is 0.317 e. The van der Waals surface area contributed by atoms with Crippen molar-refractivity contribution in [3.63, 3.8) is 0 Å². The van der Waals surface area contributed by atoms with E-state index in [1.807, 2.05) is 0 Å². The number of halogens is 2. The summed E-state index contributed by atoms with van der Waals surface area (Å²) in [7, 11) is 0. The van der Waals surface area contributed by atoms with Gasteiger partial charge in [0.2, 0.25) is 5.91 Å². The maximum atomic E-state index is 12.4. The number of benzene rings is 1. The van der Waals surface area contributed by atoms with Gasteiger partial charge in [0.1, 0.15) is 5.75 Å². The maximum absolute atomic E-state index is 12.4. The van der Waals surface area contributed by atoms with Crippen LogP contribution in [0.2, 0.25) is 10.0 Å². The largest absolute Gasteiger partial charge is 0.508 e. The van der Waals surface area contributed by atoms with Crippen LogP contribution in [0.4, 0.5) is 4.79 Å². The summed E-state index contributed by atoms with van der Waals surface area (Å²) in [5.74, 6) is -0.0343. The molecule has 2 N–H and O–H groups in total. The summed E-state index contributed by atoms with van der Waals surface area (Å²) < 4.78 is 0. The van der Waals surface area contributed by atoms with E-state index >= 15 is 0 Å². The molecule has 0 spiro atoms. The number of phenols is 1. The number of phenolic OH excluding ortho intramolecular Hbond substituents is 1. The van der Waals surface area contributed by atoms with Crippen LogP contribution in [0.1, 0.15) is 5.56 Å². The number of amides is 3. The molecule has 2 saturated heterocycles. The summed E-state index contributed by atoms with van der Waals surface area (Å²) in [6, 6.07) is 3.08. The number of hydrogen-bond donors (Lipinski definition) is 2. The molecule has 0 aromatic heterocycles. The summed E-state index contributed by atoms with van der Waals surface area (Å²) in [5.41, 5.74) is 0.512. The molecule has 146 valence electrons. The van der Waals surface area contributed by atoms with Crippen molar-refractivity contribution in [1.29, 1.82) is 0 Å². The van der Waals surface area contributed by atoms with Crippen LogP contribution in [-0.4, -0.2) is 77.1 Å². The van der Waals surface area contributed by atoms with Crippen molar-refractivity contribution in [2.24, 2.45) is 0 Å². The van der Waals surface area contributed by atoms with Crippen molar-refractivity contribution in [2.45, 2.75) is 12.6 Å². The van der Waals surface area contributed by atoms with Gasteiger partial charge < -0.3 is 20.2 Å². The van der Waals surface area contributed by atoms with Gasteiger partial charge in [-0.25, -0.2) is 4.79 Å². The Morgan fingerprint density at radius 2 is 1.78 bits per heavy atom. The lowest BCUT2D eigenvalue weighted by molar-refractivity contribution is -0.133. The lowest BCUT2D eigenvalue weighted by atomic mass is 10.1.